The van der Waals surface area contributed by atoms with E-state index in [0.29, 0.717) is 16.6 Å². The van der Waals surface area contributed by atoms with Gasteiger partial charge in [-0.2, -0.15) is 0 Å². The molecule has 0 spiro atoms. The molecule has 1 amide bonds. The average Bonchev–Trinajstić information content (AvgIpc) is 2.96. The lowest BCUT2D eigenvalue weighted by atomic mass is 10.1. The fraction of sp³-hybridized carbons (Fsp3) is 0.238. The van der Waals surface area contributed by atoms with Gasteiger partial charge < -0.3 is 14.5 Å². The third-order valence-corrected chi connectivity index (χ3v) is 4.48. The van der Waals surface area contributed by atoms with Crippen molar-refractivity contribution < 1.29 is 23.1 Å². The van der Waals surface area contributed by atoms with Gasteiger partial charge in [-0.3, -0.25) is 4.79 Å². The monoisotopic (exact) mass is 369 g/mol. The summed E-state index contributed by atoms with van der Waals surface area (Å²) in [5.74, 6) is -1.94. The molecule has 6 heteroatoms. The van der Waals surface area contributed by atoms with Crippen LogP contribution in [-0.4, -0.2) is 18.0 Å². The van der Waals surface area contributed by atoms with Crippen LogP contribution in [0.2, 0.25) is 0 Å². The Morgan fingerprint density at radius 3 is 2.33 bits per heavy atom. The third-order valence-electron chi connectivity index (χ3n) is 4.48. The number of rotatable bonds is 4. The molecule has 0 saturated heterocycles. The van der Waals surface area contributed by atoms with Crippen LogP contribution in [0.25, 0.3) is 11.0 Å². The van der Waals surface area contributed by atoms with Crippen LogP contribution in [0, 0.1) is 26.6 Å². The lowest BCUT2D eigenvalue weighted by molar-refractivity contribution is -0.123. The summed E-state index contributed by atoms with van der Waals surface area (Å²) in [6, 6.07) is 10.1. The fourth-order valence-electron chi connectivity index (χ4n) is 2.91. The first-order chi connectivity index (χ1) is 12.8. The molecule has 0 bridgehead atoms. The summed E-state index contributed by atoms with van der Waals surface area (Å²) in [5, 5.41) is 3.27. The van der Waals surface area contributed by atoms with Crippen LogP contribution < -0.4 is 5.32 Å². The Labute approximate surface area is 156 Å². The molecule has 0 aliphatic heterocycles. The average molecular weight is 369 g/mol. The number of hydrogen-bond acceptors (Lipinski definition) is 4. The van der Waals surface area contributed by atoms with E-state index < -0.39 is 23.8 Å². The number of nitrogens with one attached hydrogen (secondary N) is 1. The molecule has 27 heavy (non-hydrogen) atoms. The van der Waals surface area contributed by atoms with Crippen LogP contribution in [0.5, 0.6) is 0 Å². The highest BCUT2D eigenvalue weighted by molar-refractivity contribution is 6.00. The first kappa shape index (κ1) is 18.6. The SMILES string of the molecule is Cc1cccc(C)c1NC(=O)[C@@H](C)OC(=O)c1oc2c(F)cccc2c1C. The van der Waals surface area contributed by atoms with Gasteiger partial charge in [-0.05, 0) is 44.9 Å². The molecule has 2 aromatic carbocycles. The number of aryl methyl sites for hydroxylation is 3. The highest BCUT2D eigenvalue weighted by Crippen LogP contribution is 2.28. The summed E-state index contributed by atoms with van der Waals surface area (Å²) in [6.45, 7) is 6.87. The van der Waals surface area contributed by atoms with Gasteiger partial charge >= 0.3 is 5.97 Å². The first-order valence-corrected chi connectivity index (χ1v) is 8.55. The van der Waals surface area contributed by atoms with E-state index in [1.807, 2.05) is 32.0 Å². The molecule has 0 aliphatic rings. The smallest absolute Gasteiger partial charge is 0.375 e. The van der Waals surface area contributed by atoms with E-state index >= 15 is 0 Å². The first-order valence-electron chi connectivity index (χ1n) is 8.55. The largest absolute Gasteiger partial charge is 0.447 e. The summed E-state index contributed by atoms with van der Waals surface area (Å²) in [5.41, 5.74) is 2.97. The molecule has 0 unspecified atom stereocenters. The number of carbonyl (C=O) groups excluding carboxylic acids is 2. The van der Waals surface area contributed by atoms with E-state index in [2.05, 4.69) is 5.32 Å². The van der Waals surface area contributed by atoms with Gasteiger partial charge in [0.25, 0.3) is 5.91 Å². The molecular weight excluding hydrogens is 349 g/mol. The van der Waals surface area contributed by atoms with Crippen LogP contribution in [0.1, 0.15) is 34.2 Å². The van der Waals surface area contributed by atoms with Gasteiger partial charge in [0, 0.05) is 16.6 Å². The molecule has 3 rings (SSSR count). The summed E-state index contributed by atoms with van der Waals surface area (Å²) in [6.07, 6.45) is -1.05. The van der Waals surface area contributed by atoms with Crippen LogP contribution in [0.15, 0.2) is 40.8 Å². The Bertz CT molecular complexity index is 1020. The van der Waals surface area contributed by atoms with Gasteiger partial charge in [0.2, 0.25) is 5.76 Å². The van der Waals surface area contributed by atoms with Gasteiger partial charge in [0.15, 0.2) is 17.5 Å². The number of carbonyl (C=O) groups is 2. The van der Waals surface area contributed by atoms with Crippen molar-refractivity contribution in [3.8, 4) is 0 Å². The molecule has 5 nitrogen and oxygen atoms in total. The van der Waals surface area contributed by atoms with E-state index in [-0.39, 0.29) is 11.3 Å². The minimum Gasteiger partial charge on any atom is -0.447 e. The lowest BCUT2D eigenvalue weighted by Gasteiger charge is -2.15. The summed E-state index contributed by atoms with van der Waals surface area (Å²) in [7, 11) is 0. The number of hydrogen-bond donors (Lipinski definition) is 1. The second kappa shape index (κ2) is 7.23. The number of para-hydroxylation sites is 2. The van der Waals surface area contributed by atoms with Crippen LogP contribution >= 0.6 is 0 Å². The number of anilines is 1. The molecule has 3 aromatic rings. The maximum Gasteiger partial charge on any atom is 0.375 e. The Morgan fingerprint density at radius 2 is 1.70 bits per heavy atom. The van der Waals surface area contributed by atoms with Crippen molar-refractivity contribution in [3.05, 3.63) is 64.7 Å². The minimum absolute atomic E-state index is 0.00501. The molecule has 1 N–H and O–H groups in total. The van der Waals surface area contributed by atoms with Gasteiger partial charge in [0.05, 0.1) is 0 Å². The van der Waals surface area contributed by atoms with E-state index in [4.69, 9.17) is 9.15 Å². The van der Waals surface area contributed by atoms with Gasteiger partial charge in [-0.15, -0.1) is 0 Å². The predicted octanol–water partition coefficient (Wildman–Crippen LogP) is 4.68. The van der Waals surface area contributed by atoms with Crippen LogP contribution in [-0.2, 0) is 9.53 Å². The number of ether oxygens (including phenoxy) is 1. The topological polar surface area (TPSA) is 68.5 Å². The Hall–Kier alpha value is -3.15. The maximum absolute atomic E-state index is 13.8. The number of furan rings is 1. The standard InChI is InChI=1S/C21H20FNO4/c1-11-7-5-8-12(2)17(11)23-20(24)14(4)26-21(25)18-13(3)15-9-6-10-16(22)19(15)27-18/h5-10,14H,1-4H3,(H,23,24)/t14-/m1/s1. The van der Waals surface area contributed by atoms with Crippen molar-refractivity contribution in [1.82, 2.24) is 0 Å². The summed E-state index contributed by atoms with van der Waals surface area (Å²) >= 11 is 0. The van der Waals surface area contributed by atoms with E-state index in [1.54, 1.807) is 13.0 Å². The highest BCUT2D eigenvalue weighted by Gasteiger charge is 2.25. The van der Waals surface area contributed by atoms with E-state index in [0.717, 1.165) is 11.1 Å². The summed E-state index contributed by atoms with van der Waals surface area (Å²) in [4.78, 5) is 24.8. The normalized spacial score (nSPS) is 12.0. The molecule has 1 heterocycles. The molecule has 0 fully saturated rings. The molecule has 0 radical (unpaired) electrons. The van der Waals surface area contributed by atoms with Gasteiger partial charge in [-0.1, -0.05) is 30.3 Å². The second-order valence-corrected chi connectivity index (χ2v) is 6.48. The Kier molecular flexibility index (Phi) is 4.99. The van der Waals surface area contributed by atoms with Crippen molar-refractivity contribution in [1.29, 1.82) is 0 Å². The molecule has 1 aromatic heterocycles. The van der Waals surface area contributed by atoms with Crippen LogP contribution in [0.3, 0.4) is 0 Å². The highest BCUT2D eigenvalue weighted by atomic mass is 19.1. The zero-order valence-electron chi connectivity index (χ0n) is 15.6. The molecule has 0 saturated carbocycles. The third kappa shape index (κ3) is 3.56. The minimum atomic E-state index is -1.05. The quantitative estimate of drug-likeness (QED) is 0.678. The number of halogens is 1. The Balaban J connectivity index is 1.77. The van der Waals surface area contributed by atoms with Crippen molar-refractivity contribution in [2.75, 3.05) is 5.32 Å². The molecule has 1 atom stereocenters. The molecular formula is C21H20FNO4. The number of fused-ring (bicyclic) bond motifs is 1. The van der Waals surface area contributed by atoms with Gasteiger partial charge in [0.1, 0.15) is 0 Å². The predicted molar refractivity (Wildman–Crippen MR) is 100 cm³/mol. The molecule has 140 valence electrons. The number of esters is 1. The summed E-state index contributed by atoms with van der Waals surface area (Å²) < 4.78 is 24.4. The maximum atomic E-state index is 13.8. The van der Waals surface area contributed by atoms with Crippen molar-refractivity contribution >= 4 is 28.5 Å². The number of benzene rings is 2. The van der Waals surface area contributed by atoms with Crippen molar-refractivity contribution in [2.45, 2.75) is 33.8 Å². The zero-order valence-corrected chi connectivity index (χ0v) is 15.6. The van der Waals surface area contributed by atoms with Gasteiger partial charge in [-0.25, -0.2) is 9.18 Å². The van der Waals surface area contributed by atoms with Crippen molar-refractivity contribution in [3.63, 3.8) is 0 Å². The zero-order chi connectivity index (χ0) is 19.7. The lowest BCUT2D eigenvalue weighted by Crippen LogP contribution is -2.30. The number of amides is 1. The van der Waals surface area contributed by atoms with Crippen molar-refractivity contribution in [2.24, 2.45) is 0 Å². The van der Waals surface area contributed by atoms with E-state index in [1.165, 1.54) is 19.1 Å². The second-order valence-electron chi connectivity index (χ2n) is 6.48. The van der Waals surface area contributed by atoms with E-state index in [9.17, 15) is 14.0 Å². The Morgan fingerprint density at radius 1 is 1.07 bits per heavy atom. The fourth-order valence-corrected chi connectivity index (χ4v) is 2.91. The van der Waals surface area contributed by atoms with Crippen LogP contribution in [0.4, 0.5) is 10.1 Å². The molecule has 0 aliphatic carbocycles.